The van der Waals surface area contributed by atoms with E-state index < -0.39 is 6.10 Å². The topological polar surface area (TPSA) is 48.6 Å². The van der Waals surface area contributed by atoms with E-state index in [2.05, 4.69) is 71.8 Å². The summed E-state index contributed by atoms with van der Waals surface area (Å²) in [4.78, 5) is 2.30. The third-order valence-electron chi connectivity index (χ3n) is 6.78. The van der Waals surface area contributed by atoms with Gasteiger partial charge in [-0.1, -0.05) is 61.4 Å². The Morgan fingerprint density at radius 1 is 1.00 bits per heavy atom. The number of aromatic nitrogens is 1. The highest BCUT2D eigenvalue weighted by Gasteiger charge is 2.30. The van der Waals surface area contributed by atoms with Crippen molar-refractivity contribution in [3.05, 3.63) is 71.4 Å². The fourth-order valence-corrected chi connectivity index (χ4v) is 5.03. The minimum Gasteiger partial charge on any atom is -0.391 e. The lowest BCUT2D eigenvalue weighted by atomic mass is 9.90. The van der Waals surface area contributed by atoms with Crippen molar-refractivity contribution in [1.82, 2.24) is 9.47 Å². The van der Waals surface area contributed by atoms with E-state index in [0.717, 1.165) is 32.2 Å². The van der Waals surface area contributed by atoms with E-state index in [1.165, 1.54) is 27.7 Å². The molecule has 1 heterocycles. The minimum absolute atomic E-state index is 0.109. The Kier molecular flexibility index (Phi) is 6.57. The van der Waals surface area contributed by atoms with Crippen LogP contribution in [-0.2, 0) is 13.1 Å². The number of fused-ring (bicyclic) bond motifs is 1. The molecule has 0 saturated heterocycles. The van der Waals surface area contributed by atoms with Gasteiger partial charge in [0, 0.05) is 35.7 Å². The van der Waals surface area contributed by atoms with Gasteiger partial charge >= 0.3 is 0 Å². The zero-order valence-electron chi connectivity index (χ0n) is 18.2. The van der Waals surface area contributed by atoms with Crippen LogP contribution in [0.2, 0.25) is 0 Å². The van der Waals surface area contributed by atoms with Crippen LogP contribution in [0, 0.1) is 13.8 Å². The van der Waals surface area contributed by atoms with Gasteiger partial charge in [-0.3, -0.25) is 4.90 Å². The van der Waals surface area contributed by atoms with E-state index in [1.807, 2.05) is 6.07 Å². The number of para-hydroxylation sites is 1. The van der Waals surface area contributed by atoms with Crippen molar-refractivity contribution >= 4 is 10.9 Å². The van der Waals surface area contributed by atoms with E-state index >= 15 is 0 Å². The van der Waals surface area contributed by atoms with Gasteiger partial charge in [0.25, 0.3) is 0 Å². The maximum Gasteiger partial charge on any atom is 0.0846 e. The molecule has 4 rings (SSSR count). The summed E-state index contributed by atoms with van der Waals surface area (Å²) in [6, 6.07) is 18.9. The molecule has 3 atom stereocenters. The highest BCUT2D eigenvalue weighted by Crippen LogP contribution is 2.27. The Hall–Kier alpha value is -2.14. The molecule has 4 heteroatoms. The van der Waals surface area contributed by atoms with Gasteiger partial charge in [0.2, 0.25) is 0 Å². The number of benzene rings is 2. The van der Waals surface area contributed by atoms with Crippen molar-refractivity contribution in [2.24, 2.45) is 0 Å². The summed E-state index contributed by atoms with van der Waals surface area (Å²) < 4.78 is 2.24. The van der Waals surface area contributed by atoms with E-state index in [-0.39, 0.29) is 12.1 Å². The van der Waals surface area contributed by atoms with Crippen molar-refractivity contribution in [3.63, 3.8) is 0 Å². The molecular formula is C26H34N2O2. The zero-order chi connectivity index (χ0) is 21.1. The molecule has 1 aromatic heterocycles. The van der Waals surface area contributed by atoms with Crippen molar-refractivity contribution in [3.8, 4) is 0 Å². The van der Waals surface area contributed by atoms with E-state index in [9.17, 15) is 10.2 Å². The quantitative estimate of drug-likeness (QED) is 0.610. The Labute approximate surface area is 179 Å². The second kappa shape index (κ2) is 9.34. The summed E-state index contributed by atoms with van der Waals surface area (Å²) in [7, 11) is 0. The maximum atomic E-state index is 11.1. The standard InChI is InChI=1S/C26H34N2O2/c1-19-20(2)28(24-13-7-6-12-23(19)24)18-22(29)17-27(16-21-10-4-3-5-11-21)25-14-8-9-15-26(25)30/h3-7,10-13,22,25-26,29-30H,8-9,14-18H2,1-2H3/t22-,25-,26-/m1/s1. The molecule has 1 aliphatic rings. The largest absolute Gasteiger partial charge is 0.391 e. The van der Waals surface area contributed by atoms with Crippen LogP contribution in [0.5, 0.6) is 0 Å². The fourth-order valence-electron chi connectivity index (χ4n) is 5.03. The molecule has 1 saturated carbocycles. The lowest BCUT2D eigenvalue weighted by molar-refractivity contribution is -0.00883. The van der Waals surface area contributed by atoms with Gasteiger partial charge in [-0.15, -0.1) is 0 Å². The second-order valence-electron chi connectivity index (χ2n) is 8.83. The van der Waals surface area contributed by atoms with Gasteiger partial charge in [-0.25, -0.2) is 0 Å². The number of aliphatic hydroxyl groups is 2. The third-order valence-corrected chi connectivity index (χ3v) is 6.78. The average Bonchev–Trinajstić information content (AvgIpc) is 2.99. The van der Waals surface area contributed by atoms with Crippen molar-refractivity contribution in [1.29, 1.82) is 0 Å². The molecule has 1 fully saturated rings. The summed E-state index contributed by atoms with van der Waals surface area (Å²) in [6.07, 6.45) is 3.26. The molecule has 3 aromatic rings. The van der Waals surface area contributed by atoms with E-state index in [0.29, 0.717) is 13.1 Å². The van der Waals surface area contributed by atoms with Gasteiger partial charge < -0.3 is 14.8 Å². The molecule has 4 nitrogen and oxygen atoms in total. The number of nitrogens with zero attached hydrogens (tertiary/aromatic N) is 2. The van der Waals surface area contributed by atoms with Crippen molar-refractivity contribution in [2.45, 2.75) is 70.9 Å². The maximum absolute atomic E-state index is 11.1. The van der Waals surface area contributed by atoms with Gasteiger partial charge in [0.15, 0.2) is 0 Å². The number of hydrogen-bond acceptors (Lipinski definition) is 3. The molecule has 2 N–H and O–H groups in total. The van der Waals surface area contributed by atoms with Crippen LogP contribution in [0.1, 0.15) is 42.5 Å². The van der Waals surface area contributed by atoms with Crippen LogP contribution < -0.4 is 0 Å². The predicted octanol–water partition coefficient (Wildman–Crippen LogP) is 4.42. The molecule has 0 amide bonds. The number of hydrogen-bond donors (Lipinski definition) is 2. The summed E-state index contributed by atoms with van der Waals surface area (Å²) in [5, 5.41) is 23.1. The van der Waals surface area contributed by atoms with Crippen molar-refractivity contribution in [2.75, 3.05) is 6.54 Å². The average molecular weight is 407 g/mol. The molecule has 1 aliphatic carbocycles. The van der Waals surface area contributed by atoms with Crippen LogP contribution in [0.3, 0.4) is 0 Å². The van der Waals surface area contributed by atoms with Gasteiger partial charge in [0.1, 0.15) is 0 Å². The van der Waals surface area contributed by atoms with E-state index in [1.54, 1.807) is 0 Å². The molecule has 0 unspecified atom stereocenters. The molecule has 2 aromatic carbocycles. The summed E-state index contributed by atoms with van der Waals surface area (Å²) in [5.41, 5.74) is 4.89. The van der Waals surface area contributed by atoms with Crippen LogP contribution in [0.4, 0.5) is 0 Å². The Balaban J connectivity index is 1.54. The highest BCUT2D eigenvalue weighted by atomic mass is 16.3. The minimum atomic E-state index is -0.503. The first kappa shape index (κ1) is 21.1. The highest BCUT2D eigenvalue weighted by molar-refractivity contribution is 5.85. The second-order valence-corrected chi connectivity index (χ2v) is 8.83. The molecule has 30 heavy (non-hydrogen) atoms. The first-order valence-electron chi connectivity index (χ1n) is 11.2. The number of aliphatic hydroxyl groups excluding tert-OH is 2. The Morgan fingerprint density at radius 3 is 2.47 bits per heavy atom. The molecular weight excluding hydrogens is 372 g/mol. The van der Waals surface area contributed by atoms with Crippen LogP contribution in [-0.4, -0.2) is 44.5 Å². The van der Waals surface area contributed by atoms with Crippen LogP contribution in [0.15, 0.2) is 54.6 Å². The smallest absolute Gasteiger partial charge is 0.0846 e. The molecule has 0 bridgehead atoms. The summed E-state index contributed by atoms with van der Waals surface area (Å²) in [5.74, 6) is 0. The number of aryl methyl sites for hydroxylation is 1. The third kappa shape index (κ3) is 4.46. The van der Waals surface area contributed by atoms with Crippen LogP contribution in [0.25, 0.3) is 10.9 Å². The molecule has 0 aliphatic heterocycles. The molecule has 0 radical (unpaired) electrons. The zero-order valence-corrected chi connectivity index (χ0v) is 18.2. The molecule has 160 valence electrons. The summed E-state index contributed by atoms with van der Waals surface area (Å²) in [6.45, 7) is 6.16. The van der Waals surface area contributed by atoms with Crippen molar-refractivity contribution < 1.29 is 10.2 Å². The fraction of sp³-hybridized carbons (Fsp3) is 0.462. The first-order chi connectivity index (χ1) is 14.5. The van der Waals surface area contributed by atoms with Gasteiger partial charge in [-0.2, -0.15) is 0 Å². The lowest BCUT2D eigenvalue weighted by Crippen LogP contribution is -2.48. The Morgan fingerprint density at radius 2 is 1.70 bits per heavy atom. The SMILES string of the molecule is Cc1c(C)n(C[C@H](O)CN(Cc2ccccc2)[C@@H]2CCCC[C@H]2O)c2ccccc12. The monoisotopic (exact) mass is 406 g/mol. The normalized spacial score (nSPS) is 20.7. The van der Waals surface area contributed by atoms with Gasteiger partial charge in [0.05, 0.1) is 18.8 Å². The molecule has 0 spiro atoms. The van der Waals surface area contributed by atoms with Crippen LogP contribution >= 0.6 is 0 Å². The van der Waals surface area contributed by atoms with Gasteiger partial charge in [-0.05, 0) is 43.9 Å². The lowest BCUT2D eigenvalue weighted by Gasteiger charge is -2.39. The predicted molar refractivity (Wildman–Crippen MR) is 123 cm³/mol. The van der Waals surface area contributed by atoms with E-state index in [4.69, 9.17) is 0 Å². The summed E-state index contributed by atoms with van der Waals surface area (Å²) >= 11 is 0. The Bertz CT molecular complexity index is 966. The first-order valence-corrected chi connectivity index (χ1v) is 11.2. The number of rotatable bonds is 7.